The van der Waals surface area contributed by atoms with Crippen LogP contribution in [-0.2, 0) is 14.4 Å². The van der Waals surface area contributed by atoms with E-state index in [0.29, 0.717) is 64.9 Å². The molecule has 3 amide bonds. The second-order valence-corrected chi connectivity index (χ2v) is 12.0. The normalized spacial score (nSPS) is 12.0. The predicted molar refractivity (Wildman–Crippen MR) is 193 cm³/mol. The smallest absolute Gasteiger partial charge is 0.274 e. The van der Waals surface area contributed by atoms with Gasteiger partial charge in [-0.2, -0.15) is 0 Å². The van der Waals surface area contributed by atoms with E-state index in [0.717, 1.165) is 21.3 Å². The highest BCUT2D eigenvalue weighted by molar-refractivity contribution is 9.10. The number of nitrogens with two attached hydrogens (primary N) is 2. The number of unbranched alkanes of at least 4 members (excludes halogenated alkanes) is 1. The van der Waals surface area contributed by atoms with Crippen molar-refractivity contribution >= 4 is 84.5 Å². The van der Waals surface area contributed by atoms with Crippen LogP contribution in [0.15, 0.2) is 66.1 Å². The number of benzene rings is 2. The van der Waals surface area contributed by atoms with Gasteiger partial charge in [0.1, 0.15) is 5.70 Å². The Morgan fingerprint density at radius 1 is 0.867 bits per heavy atom. The number of nitrogens with zero attached hydrogens (tertiary/aromatic N) is 2. The number of carbonyl (C=O) groups is 3. The zero-order valence-corrected chi connectivity index (χ0v) is 29.7. The van der Waals surface area contributed by atoms with Crippen LogP contribution in [0.3, 0.4) is 0 Å². The lowest BCUT2D eigenvalue weighted by molar-refractivity contribution is -0.116. The molecule has 0 unspecified atom stereocenters. The molecule has 2 aromatic carbocycles. The van der Waals surface area contributed by atoms with Crippen molar-refractivity contribution in [2.75, 3.05) is 34.9 Å². The van der Waals surface area contributed by atoms with Crippen LogP contribution >= 0.6 is 31.9 Å². The monoisotopic (exact) mass is 744 g/mol. The number of allylic oxidation sites excluding steroid dienone is 1. The maximum absolute atomic E-state index is 13.7. The standard InChI is InChI=1S/C32H42Br2N8O3/c1-7-18(3)23(17-28(38-8-2)31(45)42-26-15-21(33)13-24(37-6)19(26)4)30(44)41-27-16-22(34)14-25(20(27)5)40-29(43)11-9-10-12-39-32(35)36/h8,13-17,37H,7,9-12H2,1-6H3,(H,40,43)(H,41,44)(H,42,45)(H4,35,36,39)/b23-18-,28-17-,38-8?. The number of anilines is 4. The summed E-state index contributed by atoms with van der Waals surface area (Å²) in [5.41, 5.74) is 15.9. The number of hydrogen-bond donors (Lipinski definition) is 6. The number of guanidine groups is 1. The van der Waals surface area contributed by atoms with Gasteiger partial charge in [-0.1, -0.05) is 44.4 Å². The molecule has 0 aliphatic heterocycles. The van der Waals surface area contributed by atoms with Crippen LogP contribution in [0, 0.1) is 13.8 Å². The van der Waals surface area contributed by atoms with Crippen LogP contribution < -0.4 is 32.7 Å². The van der Waals surface area contributed by atoms with Crippen molar-refractivity contribution in [1.29, 1.82) is 0 Å². The Balaban J connectivity index is 2.34. The number of halogens is 2. The van der Waals surface area contributed by atoms with Gasteiger partial charge in [0.2, 0.25) is 5.91 Å². The van der Waals surface area contributed by atoms with Crippen LogP contribution in [0.4, 0.5) is 22.7 Å². The molecule has 0 fully saturated rings. The van der Waals surface area contributed by atoms with Crippen molar-refractivity contribution in [3.8, 4) is 0 Å². The molecule has 0 aromatic heterocycles. The van der Waals surface area contributed by atoms with Crippen molar-refractivity contribution in [3.63, 3.8) is 0 Å². The molecule has 45 heavy (non-hydrogen) atoms. The Morgan fingerprint density at radius 2 is 1.40 bits per heavy atom. The topological polar surface area (TPSA) is 176 Å². The number of hydrogen-bond acceptors (Lipinski definition) is 6. The molecular formula is C32H42Br2N8O3. The molecule has 242 valence electrons. The number of nitrogens with one attached hydrogen (secondary N) is 4. The second-order valence-electron chi connectivity index (χ2n) is 10.2. The molecular weight excluding hydrogens is 704 g/mol. The summed E-state index contributed by atoms with van der Waals surface area (Å²) in [5.74, 6) is -1.02. The van der Waals surface area contributed by atoms with Gasteiger partial charge >= 0.3 is 0 Å². The zero-order valence-electron chi connectivity index (χ0n) is 26.5. The van der Waals surface area contributed by atoms with Crippen LogP contribution in [-0.4, -0.2) is 43.5 Å². The summed E-state index contributed by atoms with van der Waals surface area (Å²) in [6, 6.07) is 7.26. The summed E-state index contributed by atoms with van der Waals surface area (Å²) in [6.45, 7) is 9.62. The average Bonchev–Trinajstić information content (AvgIpc) is 2.98. The lowest BCUT2D eigenvalue weighted by Crippen LogP contribution is -2.23. The van der Waals surface area contributed by atoms with E-state index in [2.05, 4.69) is 63.1 Å². The third-order valence-corrected chi connectivity index (χ3v) is 7.82. The molecule has 8 N–H and O–H groups in total. The second kappa shape index (κ2) is 18.1. The van der Waals surface area contributed by atoms with Crippen LogP contribution in [0.2, 0.25) is 0 Å². The maximum Gasteiger partial charge on any atom is 0.274 e. The summed E-state index contributed by atoms with van der Waals surface area (Å²) in [4.78, 5) is 48.0. The van der Waals surface area contributed by atoms with Gasteiger partial charge in [-0.3, -0.25) is 24.4 Å². The molecule has 11 nitrogen and oxygen atoms in total. The van der Waals surface area contributed by atoms with Crippen molar-refractivity contribution in [2.45, 2.75) is 60.3 Å². The van der Waals surface area contributed by atoms with Crippen molar-refractivity contribution in [3.05, 3.63) is 67.3 Å². The molecule has 0 bridgehead atoms. The quantitative estimate of drug-likeness (QED) is 0.0421. The fourth-order valence-corrected chi connectivity index (χ4v) is 5.13. The summed E-state index contributed by atoms with van der Waals surface area (Å²) >= 11 is 6.96. The number of carbonyl (C=O) groups excluding carboxylic acids is 3. The first-order chi connectivity index (χ1) is 21.3. The van der Waals surface area contributed by atoms with E-state index >= 15 is 0 Å². The highest BCUT2D eigenvalue weighted by atomic mass is 79.9. The van der Waals surface area contributed by atoms with Gasteiger partial charge in [0.15, 0.2) is 5.96 Å². The molecule has 2 rings (SSSR count). The zero-order chi connectivity index (χ0) is 33.7. The predicted octanol–water partition coefficient (Wildman–Crippen LogP) is 6.53. The largest absolute Gasteiger partial charge is 0.388 e. The van der Waals surface area contributed by atoms with Gasteiger partial charge in [0.05, 0.1) is 0 Å². The Hall–Kier alpha value is -3.97. The van der Waals surface area contributed by atoms with Gasteiger partial charge in [-0.05, 0) is 88.4 Å². The van der Waals surface area contributed by atoms with E-state index in [1.165, 1.54) is 12.3 Å². The first-order valence-corrected chi connectivity index (χ1v) is 16.1. The molecule has 13 heteroatoms. The minimum absolute atomic E-state index is 0.0259. The Kier molecular flexibility index (Phi) is 15.0. The van der Waals surface area contributed by atoms with E-state index in [9.17, 15) is 14.4 Å². The van der Waals surface area contributed by atoms with E-state index in [-0.39, 0.29) is 17.6 Å². The van der Waals surface area contributed by atoms with Gasteiger partial charge < -0.3 is 32.7 Å². The van der Waals surface area contributed by atoms with Crippen molar-refractivity contribution in [2.24, 2.45) is 21.5 Å². The Morgan fingerprint density at radius 3 is 1.93 bits per heavy atom. The summed E-state index contributed by atoms with van der Waals surface area (Å²) in [7, 11) is 1.80. The SMILES string of the molecule is CC=N/C(=C\C(C(=O)Nc1cc(Br)cc(NC(=O)CCCCN=C(N)N)c1C)=C(/C)CC)C(=O)Nc1cc(Br)cc(NC)c1C. The third kappa shape index (κ3) is 11.5. The minimum atomic E-state index is -0.465. The molecule has 0 saturated heterocycles. The van der Waals surface area contributed by atoms with Crippen LogP contribution in [0.5, 0.6) is 0 Å². The summed E-state index contributed by atoms with van der Waals surface area (Å²) in [5, 5.41) is 11.9. The number of aliphatic imine (C=N–C) groups is 2. The number of rotatable bonds is 14. The fourth-order valence-electron chi connectivity index (χ4n) is 4.21. The molecule has 0 aliphatic carbocycles. The van der Waals surface area contributed by atoms with Crippen molar-refractivity contribution in [1.82, 2.24) is 0 Å². The van der Waals surface area contributed by atoms with Crippen LogP contribution in [0.1, 0.15) is 57.6 Å². The van der Waals surface area contributed by atoms with E-state index in [1.807, 2.05) is 33.8 Å². The molecule has 0 aliphatic rings. The number of amides is 3. The maximum atomic E-state index is 13.7. The van der Waals surface area contributed by atoms with Gasteiger partial charge in [0, 0.05) is 63.5 Å². The average molecular weight is 747 g/mol. The fraction of sp³-hybridized carbons (Fsp3) is 0.344. The first kappa shape index (κ1) is 37.2. The highest BCUT2D eigenvalue weighted by Crippen LogP contribution is 2.31. The molecule has 0 heterocycles. The first-order valence-electron chi connectivity index (χ1n) is 14.5. The Bertz CT molecular complexity index is 1540. The summed E-state index contributed by atoms with van der Waals surface area (Å²) < 4.78 is 1.46. The van der Waals surface area contributed by atoms with Gasteiger partial charge in [-0.15, -0.1) is 0 Å². The van der Waals surface area contributed by atoms with E-state index in [1.54, 1.807) is 32.2 Å². The van der Waals surface area contributed by atoms with Crippen LogP contribution in [0.25, 0.3) is 0 Å². The van der Waals surface area contributed by atoms with Gasteiger partial charge in [0.25, 0.3) is 11.8 Å². The lowest BCUT2D eigenvalue weighted by Gasteiger charge is -2.16. The molecule has 0 spiro atoms. The minimum Gasteiger partial charge on any atom is -0.388 e. The highest BCUT2D eigenvalue weighted by Gasteiger charge is 2.19. The molecule has 2 aromatic rings. The molecule has 0 saturated carbocycles. The van der Waals surface area contributed by atoms with E-state index < -0.39 is 11.8 Å². The third-order valence-electron chi connectivity index (χ3n) is 6.91. The Labute approximate surface area is 281 Å². The van der Waals surface area contributed by atoms with E-state index in [4.69, 9.17) is 11.5 Å². The lowest BCUT2D eigenvalue weighted by atomic mass is 10.0. The summed E-state index contributed by atoms with van der Waals surface area (Å²) in [6.07, 6.45) is 5.15. The van der Waals surface area contributed by atoms with Gasteiger partial charge in [-0.25, -0.2) is 0 Å². The molecule has 0 radical (unpaired) electrons. The molecule has 0 atom stereocenters. The van der Waals surface area contributed by atoms with Crippen molar-refractivity contribution < 1.29 is 14.4 Å².